The lowest BCUT2D eigenvalue weighted by Crippen LogP contribution is -2.62. The second-order valence-electron chi connectivity index (χ2n) is 5.63. The number of nitrogens with one attached hydrogen (secondary N) is 1. The fourth-order valence-electron chi connectivity index (χ4n) is 2.91. The molecule has 2 aliphatic rings. The largest absolute Gasteiger partial charge is 0.349 e. The van der Waals surface area contributed by atoms with E-state index in [0.29, 0.717) is 12.6 Å². The summed E-state index contributed by atoms with van der Waals surface area (Å²) in [5, 5.41) is 3.04. The molecule has 0 unspecified atom stereocenters. The summed E-state index contributed by atoms with van der Waals surface area (Å²) < 4.78 is 0. The Morgan fingerprint density at radius 3 is 2.53 bits per heavy atom. The molecule has 2 fully saturated rings. The summed E-state index contributed by atoms with van der Waals surface area (Å²) >= 11 is 0. The van der Waals surface area contributed by atoms with Gasteiger partial charge in [-0.15, -0.1) is 0 Å². The van der Waals surface area contributed by atoms with Crippen molar-refractivity contribution in [2.24, 2.45) is 0 Å². The van der Waals surface area contributed by atoms with Gasteiger partial charge in [0.05, 0.1) is 6.54 Å². The van der Waals surface area contributed by atoms with Gasteiger partial charge in [-0.2, -0.15) is 0 Å². The van der Waals surface area contributed by atoms with Gasteiger partial charge in [-0.05, 0) is 26.7 Å². The first-order valence-electron chi connectivity index (χ1n) is 6.12. The predicted molar refractivity (Wildman–Crippen MR) is 60.7 cm³/mol. The van der Waals surface area contributed by atoms with E-state index in [1.807, 2.05) is 0 Å². The van der Waals surface area contributed by atoms with E-state index in [9.17, 15) is 4.79 Å². The van der Waals surface area contributed by atoms with Crippen LogP contribution < -0.4 is 5.32 Å². The Morgan fingerprint density at radius 1 is 1.27 bits per heavy atom. The fourth-order valence-corrected chi connectivity index (χ4v) is 2.91. The van der Waals surface area contributed by atoms with Crippen molar-refractivity contribution in [1.29, 1.82) is 0 Å². The van der Waals surface area contributed by atoms with Crippen LogP contribution in [-0.4, -0.2) is 35.5 Å². The standard InChI is InChI=1S/C12H22N2O/c1-12(2)9-14(8-11(15)13-12)10-6-4-3-5-7-10/h10H,3-9H2,1-2H3,(H,13,15). The maximum atomic E-state index is 11.6. The Balaban J connectivity index is 1.98. The van der Waals surface area contributed by atoms with Crippen molar-refractivity contribution >= 4 is 5.91 Å². The van der Waals surface area contributed by atoms with Crippen LogP contribution in [0.1, 0.15) is 46.0 Å². The van der Waals surface area contributed by atoms with E-state index in [-0.39, 0.29) is 11.4 Å². The summed E-state index contributed by atoms with van der Waals surface area (Å²) in [5.41, 5.74) is -0.0488. The normalized spacial score (nSPS) is 28.8. The second kappa shape index (κ2) is 4.12. The molecule has 0 radical (unpaired) electrons. The highest BCUT2D eigenvalue weighted by atomic mass is 16.2. The molecule has 1 saturated heterocycles. The van der Waals surface area contributed by atoms with Gasteiger partial charge in [0.15, 0.2) is 0 Å². The van der Waals surface area contributed by atoms with E-state index in [2.05, 4.69) is 24.1 Å². The topological polar surface area (TPSA) is 32.3 Å². The molecule has 1 saturated carbocycles. The molecule has 1 N–H and O–H groups in total. The van der Waals surface area contributed by atoms with Gasteiger partial charge in [0, 0.05) is 18.1 Å². The lowest BCUT2D eigenvalue weighted by Gasteiger charge is -2.43. The van der Waals surface area contributed by atoms with Crippen molar-refractivity contribution in [3.05, 3.63) is 0 Å². The first kappa shape index (κ1) is 10.9. The highest BCUT2D eigenvalue weighted by molar-refractivity contribution is 5.79. The molecule has 3 nitrogen and oxygen atoms in total. The van der Waals surface area contributed by atoms with Crippen molar-refractivity contribution in [3.8, 4) is 0 Å². The maximum Gasteiger partial charge on any atom is 0.234 e. The zero-order chi connectivity index (χ0) is 10.9. The monoisotopic (exact) mass is 210 g/mol. The number of hydrogen-bond acceptors (Lipinski definition) is 2. The van der Waals surface area contributed by atoms with Crippen LogP contribution in [0.3, 0.4) is 0 Å². The first-order chi connectivity index (χ1) is 7.07. The fraction of sp³-hybridized carbons (Fsp3) is 0.917. The number of amides is 1. The molecule has 1 heterocycles. The number of carbonyl (C=O) groups excluding carboxylic acids is 1. The maximum absolute atomic E-state index is 11.6. The van der Waals surface area contributed by atoms with Gasteiger partial charge < -0.3 is 5.32 Å². The quantitative estimate of drug-likeness (QED) is 0.712. The average molecular weight is 210 g/mol. The lowest BCUT2D eigenvalue weighted by molar-refractivity contribution is -0.128. The zero-order valence-electron chi connectivity index (χ0n) is 9.88. The third-order valence-corrected chi connectivity index (χ3v) is 3.51. The van der Waals surface area contributed by atoms with Crippen molar-refractivity contribution in [2.75, 3.05) is 13.1 Å². The summed E-state index contributed by atoms with van der Waals surface area (Å²) in [6.07, 6.45) is 6.61. The Kier molecular flexibility index (Phi) is 3.01. The van der Waals surface area contributed by atoms with Crippen molar-refractivity contribution in [3.63, 3.8) is 0 Å². The third kappa shape index (κ3) is 2.71. The van der Waals surface area contributed by atoms with Crippen LogP contribution in [-0.2, 0) is 4.79 Å². The molecule has 0 aromatic rings. The highest BCUT2D eigenvalue weighted by Gasteiger charge is 2.34. The van der Waals surface area contributed by atoms with Gasteiger partial charge in [0.25, 0.3) is 0 Å². The summed E-state index contributed by atoms with van der Waals surface area (Å²) in [5.74, 6) is 0.192. The number of piperazine rings is 1. The number of carbonyl (C=O) groups is 1. The molecule has 0 aromatic carbocycles. The average Bonchev–Trinajstić information content (AvgIpc) is 2.16. The molecule has 1 aliphatic carbocycles. The first-order valence-corrected chi connectivity index (χ1v) is 6.12. The summed E-state index contributed by atoms with van der Waals surface area (Å²) in [7, 11) is 0. The van der Waals surface area contributed by atoms with Crippen LogP contribution in [0.4, 0.5) is 0 Å². The van der Waals surface area contributed by atoms with E-state index >= 15 is 0 Å². The minimum absolute atomic E-state index is 0.0488. The van der Waals surface area contributed by atoms with Gasteiger partial charge >= 0.3 is 0 Å². The number of rotatable bonds is 1. The molecule has 0 bridgehead atoms. The number of nitrogens with zero attached hydrogens (tertiary/aromatic N) is 1. The van der Waals surface area contributed by atoms with Crippen LogP contribution in [0.25, 0.3) is 0 Å². The van der Waals surface area contributed by atoms with Crippen LogP contribution in [0.15, 0.2) is 0 Å². The third-order valence-electron chi connectivity index (χ3n) is 3.51. The van der Waals surface area contributed by atoms with E-state index in [1.165, 1.54) is 32.1 Å². The predicted octanol–water partition coefficient (Wildman–Crippen LogP) is 1.53. The molecule has 1 amide bonds. The molecule has 0 aromatic heterocycles. The summed E-state index contributed by atoms with van der Waals surface area (Å²) in [6.45, 7) is 5.83. The highest BCUT2D eigenvalue weighted by Crippen LogP contribution is 2.25. The molecule has 15 heavy (non-hydrogen) atoms. The summed E-state index contributed by atoms with van der Waals surface area (Å²) in [6, 6.07) is 0.657. The van der Waals surface area contributed by atoms with E-state index in [1.54, 1.807) is 0 Å². The Morgan fingerprint density at radius 2 is 1.93 bits per heavy atom. The Hall–Kier alpha value is -0.570. The zero-order valence-corrected chi connectivity index (χ0v) is 9.88. The van der Waals surface area contributed by atoms with Crippen molar-refractivity contribution in [1.82, 2.24) is 10.2 Å². The van der Waals surface area contributed by atoms with Crippen molar-refractivity contribution in [2.45, 2.75) is 57.5 Å². The molecule has 0 spiro atoms. The van der Waals surface area contributed by atoms with E-state index in [4.69, 9.17) is 0 Å². The van der Waals surface area contributed by atoms with Gasteiger partial charge in [-0.25, -0.2) is 0 Å². The van der Waals surface area contributed by atoms with Gasteiger partial charge in [-0.3, -0.25) is 9.69 Å². The minimum Gasteiger partial charge on any atom is -0.349 e. The SMILES string of the molecule is CC1(C)CN(C2CCCCC2)CC(=O)N1. The Bertz CT molecular complexity index is 244. The van der Waals surface area contributed by atoms with Crippen LogP contribution in [0.2, 0.25) is 0 Å². The van der Waals surface area contributed by atoms with Crippen LogP contribution in [0, 0.1) is 0 Å². The molecule has 0 atom stereocenters. The minimum atomic E-state index is -0.0488. The molecule has 86 valence electrons. The lowest BCUT2D eigenvalue weighted by atomic mass is 9.91. The van der Waals surface area contributed by atoms with E-state index in [0.717, 1.165) is 6.54 Å². The van der Waals surface area contributed by atoms with Crippen molar-refractivity contribution < 1.29 is 4.79 Å². The van der Waals surface area contributed by atoms with Crippen LogP contribution >= 0.6 is 0 Å². The van der Waals surface area contributed by atoms with Gasteiger partial charge in [0.1, 0.15) is 0 Å². The summed E-state index contributed by atoms with van der Waals surface area (Å²) in [4.78, 5) is 14.0. The van der Waals surface area contributed by atoms with E-state index < -0.39 is 0 Å². The molecule has 2 rings (SSSR count). The molecule has 1 aliphatic heterocycles. The Labute approximate surface area is 92.2 Å². The molecular formula is C12H22N2O. The number of hydrogen-bond donors (Lipinski definition) is 1. The van der Waals surface area contributed by atoms with Crippen LogP contribution in [0.5, 0.6) is 0 Å². The second-order valence-corrected chi connectivity index (χ2v) is 5.63. The smallest absolute Gasteiger partial charge is 0.234 e. The van der Waals surface area contributed by atoms with Gasteiger partial charge in [0.2, 0.25) is 5.91 Å². The molecule has 3 heteroatoms. The molecular weight excluding hydrogens is 188 g/mol. The van der Waals surface area contributed by atoms with Gasteiger partial charge in [-0.1, -0.05) is 19.3 Å².